The van der Waals surface area contributed by atoms with Crippen LogP contribution in [0.5, 0.6) is 0 Å². The van der Waals surface area contributed by atoms with Gasteiger partial charge < -0.3 is 0 Å². The molecule has 1 fully saturated rings. The molecule has 1 aliphatic rings. The first-order valence-electron chi connectivity index (χ1n) is 6.36. The number of hydrogen-bond acceptors (Lipinski definition) is 2. The van der Waals surface area contributed by atoms with Gasteiger partial charge in [0.05, 0.1) is 15.2 Å². The molecule has 0 radical (unpaired) electrons. The number of aliphatic imine (C=N–C) groups is 1. The summed E-state index contributed by atoms with van der Waals surface area (Å²) in [5.41, 5.74) is 3.95. The fourth-order valence-electron chi connectivity index (χ4n) is 2.25. The van der Waals surface area contributed by atoms with Crippen LogP contribution in [0, 0.1) is 0 Å². The molecule has 2 aromatic rings. The molecule has 0 aromatic heterocycles. The van der Waals surface area contributed by atoms with E-state index in [4.69, 9.17) is 23.2 Å². The van der Waals surface area contributed by atoms with Crippen molar-refractivity contribution in [3.05, 3.63) is 52.0 Å². The predicted molar refractivity (Wildman–Crippen MR) is 88.6 cm³/mol. The van der Waals surface area contributed by atoms with Crippen LogP contribution < -0.4 is 0 Å². The van der Waals surface area contributed by atoms with Gasteiger partial charge in [-0.2, -0.15) is 4.99 Å². The summed E-state index contributed by atoms with van der Waals surface area (Å²) in [6.07, 6.45) is 2.61. The zero-order valence-electron chi connectivity index (χ0n) is 10.6. The second-order valence-electron chi connectivity index (χ2n) is 4.89. The van der Waals surface area contributed by atoms with Gasteiger partial charge in [0.25, 0.3) is 0 Å². The van der Waals surface area contributed by atoms with Crippen LogP contribution in [0.15, 0.2) is 41.4 Å². The van der Waals surface area contributed by atoms with E-state index in [1.54, 1.807) is 0 Å². The average Bonchev–Trinajstić information content (AvgIpc) is 3.27. The number of isothiocyanates is 1. The number of rotatable bonds is 3. The molecule has 0 heterocycles. The van der Waals surface area contributed by atoms with Crippen molar-refractivity contribution in [2.24, 2.45) is 4.99 Å². The van der Waals surface area contributed by atoms with Crippen LogP contribution in [-0.4, -0.2) is 5.16 Å². The lowest BCUT2D eigenvalue weighted by atomic mass is 10.0. The number of benzene rings is 2. The van der Waals surface area contributed by atoms with E-state index in [-0.39, 0.29) is 0 Å². The Labute approximate surface area is 133 Å². The molecule has 0 amide bonds. The van der Waals surface area contributed by atoms with Crippen molar-refractivity contribution >= 4 is 46.3 Å². The molecule has 1 nitrogen and oxygen atoms in total. The number of thiocarbonyl (C=S) groups is 1. The number of hydrogen-bond donors (Lipinski definition) is 0. The quantitative estimate of drug-likeness (QED) is 0.479. The molecular weight excluding hydrogens is 309 g/mol. The maximum Gasteiger partial charge on any atom is 0.111 e. The van der Waals surface area contributed by atoms with E-state index in [2.05, 4.69) is 46.6 Å². The molecule has 100 valence electrons. The maximum absolute atomic E-state index is 6.19. The third-order valence-electron chi connectivity index (χ3n) is 3.47. The Morgan fingerprint density at radius 3 is 2.10 bits per heavy atom. The minimum absolute atomic E-state index is 0.474. The van der Waals surface area contributed by atoms with Gasteiger partial charge in [-0.1, -0.05) is 47.5 Å². The Hall–Kier alpha value is -1.18. The maximum atomic E-state index is 6.19. The standard InChI is InChI=1S/C16H11Cl2NS/c17-14-7-13(8-15(18)16(14)19-9-20)12-5-3-11(4-6-12)10-1-2-10/h3-8,10H,1-2H2. The summed E-state index contributed by atoms with van der Waals surface area (Å²) < 4.78 is 0. The largest absolute Gasteiger partial charge is 0.192 e. The first kappa shape index (κ1) is 13.8. The highest BCUT2D eigenvalue weighted by Crippen LogP contribution is 2.41. The molecule has 0 unspecified atom stereocenters. The molecule has 0 N–H and O–H groups in total. The summed E-state index contributed by atoms with van der Waals surface area (Å²) in [4.78, 5) is 3.89. The Morgan fingerprint density at radius 2 is 1.60 bits per heavy atom. The summed E-state index contributed by atoms with van der Waals surface area (Å²) in [6, 6.07) is 12.3. The van der Waals surface area contributed by atoms with Gasteiger partial charge in [0, 0.05) is 0 Å². The van der Waals surface area contributed by atoms with Gasteiger partial charge in [-0.15, -0.1) is 0 Å². The van der Waals surface area contributed by atoms with Crippen LogP contribution in [0.1, 0.15) is 24.3 Å². The average molecular weight is 320 g/mol. The van der Waals surface area contributed by atoms with Crippen LogP contribution >= 0.6 is 35.4 Å². The van der Waals surface area contributed by atoms with Gasteiger partial charge in [-0.05, 0) is 59.8 Å². The van der Waals surface area contributed by atoms with E-state index < -0.39 is 0 Å². The predicted octanol–water partition coefficient (Wildman–Crippen LogP) is 6.27. The van der Waals surface area contributed by atoms with Crippen LogP contribution in [0.2, 0.25) is 10.0 Å². The first-order valence-corrected chi connectivity index (χ1v) is 7.52. The second-order valence-corrected chi connectivity index (χ2v) is 5.88. The smallest absolute Gasteiger partial charge is 0.111 e. The highest BCUT2D eigenvalue weighted by Gasteiger charge is 2.23. The molecule has 20 heavy (non-hydrogen) atoms. The zero-order valence-corrected chi connectivity index (χ0v) is 12.9. The molecule has 4 heteroatoms. The third-order valence-corrected chi connectivity index (χ3v) is 4.13. The minimum atomic E-state index is 0.474. The number of halogens is 2. The monoisotopic (exact) mass is 319 g/mol. The highest BCUT2D eigenvalue weighted by atomic mass is 35.5. The Morgan fingerprint density at radius 1 is 1.00 bits per heavy atom. The van der Waals surface area contributed by atoms with Gasteiger partial charge in [-0.25, -0.2) is 0 Å². The Balaban J connectivity index is 1.99. The van der Waals surface area contributed by atoms with Crippen molar-refractivity contribution in [2.75, 3.05) is 0 Å². The Bertz CT molecular complexity index is 676. The van der Waals surface area contributed by atoms with Crippen molar-refractivity contribution in [1.29, 1.82) is 0 Å². The topological polar surface area (TPSA) is 12.4 Å². The van der Waals surface area contributed by atoms with Crippen molar-refractivity contribution in [1.82, 2.24) is 0 Å². The lowest BCUT2D eigenvalue weighted by Crippen LogP contribution is -1.83. The van der Waals surface area contributed by atoms with Gasteiger partial charge in [0.1, 0.15) is 5.69 Å². The zero-order chi connectivity index (χ0) is 14.1. The lowest BCUT2D eigenvalue weighted by molar-refractivity contribution is 1.13. The van der Waals surface area contributed by atoms with Crippen LogP contribution in [0.3, 0.4) is 0 Å². The van der Waals surface area contributed by atoms with Crippen LogP contribution in [0.4, 0.5) is 5.69 Å². The fraction of sp³-hybridized carbons (Fsp3) is 0.188. The highest BCUT2D eigenvalue weighted by molar-refractivity contribution is 7.78. The van der Waals surface area contributed by atoms with Crippen molar-refractivity contribution in [2.45, 2.75) is 18.8 Å². The molecule has 3 rings (SSSR count). The fourth-order valence-corrected chi connectivity index (χ4v) is 2.91. The Kier molecular flexibility index (Phi) is 3.91. The lowest BCUT2D eigenvalue weighted by Gasteiger charge is -2.07. The van der Waals surface area contributed by atoms with E-state index in [0.717, 1.165) is 17.0 Å². The summed E-state index contributed by atoms with van der Waals surface area (Å²) in [5.74, 6) is 0.760. The molecule has 0 aliphatic heterocycles. The summed E-state index contributed by atoms with van der Waals surface area (Å²) in [7, 11) is 0. The van der Waals surface area contributed by atoms with Gasteiger partial charge >= 0.3 is 0 Å². The third kappa shape index (κ3) is 2.79. The van der Waals surface area contributed by atoms with E-state index in [1.165, 1.54) is 18.4 Å². The van der Waals surface area contributed by atoms with Crippen molar-refractivity contribution in [3.63, 3.8) is 0 Å². The summed E-state index contributed by atoms with van der Waals surface area (Å²) >= 11 is 17.0. The normalized spacial score (nSPS) is 13.9. The molecule has 0 saturated heterocycles. The summed E-state index contributed by atoms with van der Waals surface area (Å²) in [6.45, 7) is 0. The van der Waals surface area contributed by atoms with Crippen LogP contribution in [-0.2, 0) is 0 Å². The minimum Gasteiger partial charge on any atom is -0.192 e. The first-order chi connectivity index (χ1) is 9.69. The SMILES string of the molecule is S=C=Nc1c(Cl)cc(-c2ccc(C3CC3)cc2)cc1Cl. The van der Waals surface area contributed by atoms with E-state index in [9.17, 15) is 0 Å². The molecule has 1 aliphatic carbocycles. The van der Waals surface area contributed by atoms with Gasteiger partial charge in [0.2, 0.25) is 0 Å². The molecule has 0 atom stereocenters. The van der Waals surface area contributed by atoms with Crippen molar-refractivity contribution < 1.29 is 0 Å². The molecular formula is C16H11Cl2NS. The molecule has 0 spiro atoms. The van der Waals surface area contributed by atoms with Crippen LogP contribution in [0.25, 0.3) is 11.1 Å². The number of nitrogens with zero attached hydrogens (tertiary/aromatic N) is 1. The molecule has 0 bridgehead atoms. The van der Waals surface area contributed by atoms with E-state index >= 15 is 0 Å². The van der Waals surface area contributed by atoms with E-state index in [1.807, 2.05) is 12.1 Å². The van der Waals surface area contributed by atoms with Crippen molar-refractivity contribution in [3.8, 4) is 11.1 Å². The summed E-state index contributed by atoms with van der Waals surface area (Å²) in [5, 5.41) is 3.26. The van der Waals surface area contributed by atoms with E-state index in [0.29, 0.717) is 15.7 Å². The van der Waals surface area contributed by atoms with Gasteiger partial charge in [0.15, 0.2) is 0 Å². The van der Waals surface area contributed by atoms with Gasteiger partial charge in [-0.3, -0.25) is 0 Å². The molecule has 1 saturated carbocycles. The molecule has 2 aromatic carbocycles. The second kappa shape index (κ2) is 5.67.